The summed E-state index contributed by atoms with van der Waals surface area (Å²) in [4.78, 5) is 8.17. The molecule has 0 bridgehead atoms. The highest BCUT2D eigenvalue weighted by molar-refractivity contribution is 5.68. The Morgan fingerprint density at radius 3 is 2.67 bits per heavy atom. The van der Waals surface area contributed by atoms with Crippen LogP contribution in [-0.2, 0) is 0 Å². The molecule has 0 spiro atoms. The van der Waals surface area contributed by atoms with Gasteiger partial charge >= 0.3 is 0 Å². The molecule has 2 rings (SSSR count). The highest BCUT2D eigenvalue weighted by Crippen LogP contribution is 2.34. The van der Waals surface area contributed by atoms with E-state index in [1.807, 2.05) is 14.1 Å². The molecule has 148 valence electrons. The smallest absolute Gasteiger partial charge is 0.163 e. The first-order valence-electron chi connectivity index (χ1n) is 8.97. The first-order valence-corrected chi connectivity index (χ1v) is 8.97. The lowest BCUT2D eigenvalue weighted by Crippen LogP contribution is -2.41. The van der Waals surface area contributed by atoms with Crippen LogP contribution in [0.2, 0.25) is 0 Å². The number of benzene rings is 1. The summed E-state index contributed by atoms with van der Waals surface area (Å²) in [6, 6.07) is 5.32. The fourth-order valence-corrected chi connectivity index (χ4v) is 2.83. The fraction of sp³-hybridized carbons (Fsp3) is 0.579. The molecule has 1 saturated heterocycles. The third-order valence-electron chi connectivity index (χ3n) is 4.29. The highest BCUT2D eigenvalue weighted by atomic mass is 16.5. The first-order chi connectivity index (χ1) is 12.9. The van der Waals surface area contributed by atoms with E-state index in [-0.39, 0.29) is 12.7 Å². The van der Waals surface area contributed by atoms with Crippen LogP contribution in [-0.4, -0.2) is 86.0 Å². The second-order valence-electron chi connectivity index (χ2n) is 6.84. The Kier molecular flexibility index (Phi) is 7.85. The number of methoxy groups -OCH3 is 1. The number of hydrogen-bond donors (Lipinski definition) is 2. The van der Waals surface area contributed by atoms with E-state index in [0.717, 1.165) is 25.9 Å². The normalized spacial score (nSPS) is 16.9. The zero-order valence-corrected chi connectivity index (χ0v) is 16.1. The van der Waals surface area contributed by atoms with Gasteiger partial charge in [-0.25, -0.2) is 4.99 Å². The largest absolute Gasteiger partial charge is 0.493 e. The van der Waals surface area contributed by atoms with E-state index in [2.05, 4.69) is 16.0 Å². The van der Waals surface area contributed by atoms with Crippen molar-refractivity contribution in [2.75, 3.05) is 47.4 Å². The molecule has 0 radical (unpaired) electrons. The molecule has 1 fully saturated rings. The Bertz CT molecular complexity index is 679. The minimum atomic E-state index is -0.672. The Balaban J connectivity index is 2.03. The zero-order chi connectivity index (χ0) is 19.8. The van der Waals surface area contributed by atoms with Crippen molar-refractivity contribution < 1.29 is 19.7 Å². The van der Waals surface area contributed by atoms with Gasteiger partial charge in [-0.3, -0.25) is 0 Å². The Labute approximate surface area is 160 Å². The van der Waals surface area contributed by atoms with Gasteiger partial charge in [-0.05, 0) is 12.8 Å². The number of piperidine rings is 1. The molecule has 1 aliphatic heterocycles. The molecular weight excluding hydrogens is 348 g/mol. The van der Waals surface area contributed by atoms with Crippen LogP contribution in [0.1, 0.15) is 18.4 Å². The molecule has 1 aromatic rings. The van der Waals surface area contributed by atoms with Gasteiger partial charge in [0.25, 0.3) is 0 Å². The summed E-state index contributed by atoms with van der Waals surface area (Å²) in [7, 11) is 5.18. The van der Waals surface area contributed by atoms with E-state index in [0.29, 0.717) is 29.3 Å². The van der Waals surface area contributed by atoms with Crippen molar-refractivity contribution in [1.82, 2.24) is 9.80 Å². The molecule has 1 atom stereocenters. The maximum absolute atomic E-state index is 10.3. The number of nitrogens with zero attached hydrogens (tertiary/aromatic N) is 4. The van der Waals surface area contributed by atoms with Crippen molar-refractivity contribution in [2.45, 2.75) is 25.0 Å². The van der Waals surface area contributed by atoms with Crippen molar-refractivity contribution in [3.8, 4) is 17.6 Å². The summed E-state index contributed by atoms with van der Waals surface area (Å²) in [6.07, 6.45) is 2.15. The number of ether oxygens (including phenoxy) is 2. The highest BCUT2D eigenvalue weighted by Gasteiger charge is 2.20. The first kappa shape index (κ1) is 21.0. The van der Waals surface area contributed by atoms with Crippen molar-refractivity contribution >= 4 is 12.0 Å². The van der Waals surface area contributed by atoms with Crippen LogP contribution in [0.4, 0.5) is 5.69 Å². The predicted octanol–water partition coefficient (Wildman–Crippen LogP) is 0.985. The number of aliphatic hydroxyl groups is 2. The second-order valence-corrected chi connectivity index (χ2v) is 6.84. The van der Waals surface area contributed by atoms with Gasteiger partial charge in [0, 0.05) is 45.9 Å². The van der Waals surface area contributed by atoms with Crippen LogP contribution in [0.25, 0.3) is 0 Å². The number of β-amino-alcohol motifs (C(OH)–C–C–N with tert-alkyl or cyclic N) is 1. The topological polar surface area (TPSA) is 102 Å². The van der Waals surface area contributed by atoms with E-state index in [1.54, 1.807) is 23.4 Å². The van der Waals surface area contributed by atoms with Crippen molar-refractivity contribution in [1.29, 1.82) is 5.26 Å². The third-order valence-corrected chi connectivity index (χ3v) is 4.29. The average Bonchev–Trinajstić information content (AvgIpc) is 2.66. The molecule has 1 aromatic carbocycles. The van der Waals surface area contributed by atoms with Crippen LogP contribution in [0.3, 0.4) is 0 Å². The molecule has 0 amide bonds. The van der Waals surface area contributed by atoms with Gasteiger partial charge < -0.3 is 29.5 Å². The van der Waals surface area contributed by atoms with Gasteiger partial charge in [0.2, 0.25) is 0 Å². The molecule has 2 N–H and O–H groups in total. The second kappa shape index (κ2) is 10.1. The van der Waals surface area contributed by atoms with Crippen molar-refractivity contribution in [2.24, 2.45) is 4.99 Å². The molecule has 0 saturated carbocycles. The quantitative estimate of drug-likeness (QED) is 0.515. The van der Waals surface area contributed by atoms with Gasteiger partial charge in [-0.15, -0.1) is 0 Å². The summed E-state index contributed by atoms with van der Waals surface area (Å²) in [5.74, 6) is 0.846. The lowest BCUT2D eigenvalue weighted by Gasteiger charge is -2.30. The van der Waals surface area contributed by atoms with Crippen LogP contribution < -0.4 is 9.47 Å². The molecule has 1 aliphatic rings. The molecule has 27 heavy (non-hydrogen) atoms. The summed E-state index contributed by atoms with van der Waals surface area (Å²) >= 11 is 0. The monoisotopic (exact) mass is 376 g/mol. The molecule has 0 unspecified atom stereocenters. The number of aliphatic imine (C=N–C) groups is 1. The number of likely N-dealkylation sites (tertiary alicyclic amines) is 1. The minimum absolute atomic E-state index is 0.0954. The molecule has 8 heteroatoms. The number of aliphatic hydroxyl groups excluding tert-OH is 2. The summed E-state index contributed by atoms with van der Waals surface area (Å²) in [6.45, 7) is 2.11. The zero-order valence-electron chi connectivity index (χ0n) is 16.1. The van der Waals surface area contributed by atoms with Gasteiger partial charge in [0.1, 0.15) is 18.8 Å². The standard InChI is InChI=1S/C19H28N4O4/c1-22(2)13-21-17-9-19(18(26-3)8-14(17)10-20)27-12-16(25)11-23-6-4-15(24)5-7-23/h8-9,13,15-16,24-25H,4-7,11-12H2,1-3H3/t16-/m0/s1. The average molecular weight is 376 g/mol. The number of hydrogen-bond acceptors (Lipinski definition) is 7. The van der Waals surface area contributed by atoms with Crippen LogP contribution in [0, 0.1) is 11.3 Å². The van der Waals surface area contributed by atoms with Crippen LogP contribution >= 0.6 is 0 Å². The van der Waals surface area contributed by atoms with Gasteiger partial charge in [0.05, 0.1) is 30.8 Å². The van der Waals surface area contributed by atoms with Crippen LogP contribution in [0.5, 0.6) is 11.5 Å². The lowest BCUT2D eigenvalue weighted by molar-refractivity contribution is 0.0333. The number of nitriles is 1. The molecule has 0 aliphatic carbocycles. The van der Waals surface area contributed by atoms with E-state index in [1.165, 1.54) is 7.11 Å². The summed E-state index contributed by atoms with van der Waals surface area (Å²) in [5, 5.41) is 29.1. The van der Waals surface area contributed by atoms with Gasteiger partial charge in [-0.1, -0.05) is 0 Å². The van der Waals surface area contributed by atoms with Gasteiger partial charge in [-0.2, -0.15) is 5.26 Å². The Hall–Kier alpha value is -2.34. The third kappa shape index (κ3) is 6.40. The predicted molar refractivity (Wildman–Crippen MR) is 103 cm³/mol. The Morgan fingerprint density at radius 2 is 2.07 bits per heavy atom. The fourth-order valence-electron chi connectivity index (χ4n) is 2.83. The molecule has 1 heterocycles. The van der Waals surface area contributed by atoms with Gasteiger partial charge in [0.15, 0.2) is 11.5 Å². The Morgan fingerprint density at radius 1 is 1.37 bits per heavy atom. The maximum atomic E-state index is 10.3. The van der Waals surface area contributed by atoms with E-state index < -0.39 is 6.10 Å². The summed E-state index contributed by atoms with van der Waals surface area (Å²) in [5.41, 5.74) is 0.853. The number of rotatable bonds is 8. The molecule has 8 nitrogen and oxygen atoms in total. The maximum Gasteiger partial charge on any atom is 0.163 e. The summed E-state index contributed by atoms with van der Waals surface area (Å²) < 4.78 is 11.1. The van der Waals surface area contributed by atoms with Crippen LogP contribution in [0.15, 0.2) is 17.1 Å². The lowest BCUT2D eigenvalue weighted by atomic mass is 10.1. The van der Waals surface area contributed by atoms with E-state index in [4.69, 9.17) is 9.47 Å². The minimum Gasteiger partial charge on any atom is -0.493 e. The van der Waals surface area contributed by atoms with Crippen molar-refractivity contribution in [3.63, 3.8) is 0 Å². The van der Waals surface area contributed by atoms with E-state index in [9.17, 15) is 15.5 Å². The van der Waals surface area contributed by atoms with E-state index >= 15 is 0 Å². The molecule has 0 aromatic heterocycles. The molecular formula is C19H28N4O4. The SMILES string of the molecule is COc1cc(C#N)c(N=CN(C)C)cc1OC[C@@H](O)CN1CCC(O)CC1. The van der Waals surface area contributed by atoms with Crippen molar-refractivity contribution in [3.05, 3.63) is 17.7 Å².